The lowest BCUT2D eigenvalue weighted by Crippen LogP contribution is -2.28. The number of carbonyl (C=O) groups excluding carboxylic acids is 2. The van der Waals surface area contributed by atoms with Gasteiger partial charge in [-0.25, -0.2) is 8.42 Å². The Morgan fingerprint density at radius 2 is 1.93 bits per heavy atom. The van der Waals surface area contributed by atoms with Crippen LogP contribution in [-0.2, 0) is 19.6 Å². The summed E-state index contributed by atoms with van der Waals surface area (Å²) in [5.74, 6) is -0.379. The summed E-state index contributed by atoms with van der Waals surface area (Å²) in [6, 6.07) is 0. The van der Waals surface area contributed by atoms with Crippen LogP contribution in [0, 0.1) is 11.8 Å². The minimum absolute atomic E-state index is 0.0967. The predicted octanol–water partition coefficient (Wildman–Crippen LogP) is 3.27. The van der Waals surface area contributed by atoms with Crippen molar-refractivity contribution in [2.45, 2.75) is 77.2 Å². The average Bonchev–Trinajstić information content (AvgIpc) is 2.94. The quantitative estimate of drug-likeness (QED) is 0.336. The standard InChI is InChI=1S/C21H35NO5S/c1-3-4-7-11-18(23)14-15-19-17(13-16-20(19)24)10-8-5-6-9-12-21(25)22-28(2,26)27/h13-19,23H,3-12H2,1-2H3,(H,22,25)/b15-14+/t17-,18-,19+/m0/s1. The van der Waals surface area contributed by atoms with Gasteiger partial charge in [0.25, 0.3) is 0 Å². The van der Waals surface area contributed by atoms with Crippen LogP contribution in [-0.4, -0.2) is 37.6 Å². The monoisotopic (exact) mass is 413 g/mol. The van der Waals surface area contributed by atoms with Gasteiger partial charge in [-0.3, -0.25) is 14.3 Å². The van der Waals surface area contributed by atoms with E-state index in [1.807, 2.05) is 16.9 Å². The number of aliphatic hydroxyl groups excluding tert-OH is 1. The van der Waals surface area contributed by atoms with Crippen molar-refractivity contribution in [2.24, 2.45) is 11.8 Å². The molecule has 1 rings (SSSR count). The van der Waals surface area contributed by atoms with Crippen molar-refractivity contribution in [1.82, 2.24) is 4.72 Å². The first-order valence-electron chi connectivity index (χ1n) is 10.3. The van der Waals surface area contributed by atoms with Crippen LogP contribution in [0.2, 0.25) is 0 Å². The summed E-state index contributed by atoms with van der Waals surface area (Å²) in [4.78, 5) is 23.5. The van der Waals surface area contributed by atoms with Gasteiger partial charge in [0.05, 0.1) is 12.4 Å². The smallest absolute Gasteiger partial charge is 0.233 e. The molecule has 0 fully saturated rings. The first kappa shape index (κ1) is 24.6. The Bertz CT molecular complexity index is 654. The van der Waals surface area contributed by atoms with Crippen molar-refractivity contribution < 1.29 is 23.1 Å². The Kier molecular flexibility index (Phi) is 11.3. The maximum absolute atomic E-state index is 12.1. The van der Waals surface area contributed by atoms with Crippen LogP contribution >= 0.6 is 0 Å². The van der Waals surface area contributed by atoms with E-state index in [1.165, 1.54) is 0 Å². The normalized spacial score (nSPS) is 20.8. The third kappa shape index (κ3) is 10.8. The molecule has 0 bridgehead atoms. The van der Waals surface area contributed by atoms with Gasteiger partial charge in [0.1, 0.15) is 0 Å². The molecule has 0 saturated carbocycles. The minimum atomic E-state index is -3.48. The molecule has 7 heteroatoms. The number of ketones is 1. The lowest BCUT2D eigenvalue weighted by Gasteiger charge is -2.15. The van der Waals surface area contributed by atoms with Gasteiger partial charge in [0.15, 0.2) is 5.78 Å². The summed E-state index contributed by atoms with van der Waals surface area (Å²) in [7, 11) is -3.48. The number of amides is 1. The second-order valence-corrected chi connectivity index (χ2v) is 9.40. The summed E-state index contributed by atoms with van der Waals surface area (Å²) in [5, 5.41) is 10.0. The molecule has 1 aliphatic rings. The number of carbonyl (C=O) groups is 2. The Labute approximate surface area is 169 Å². The van der Waals surface area contributed by atoms with Crippen molar-refractivity contribution in [1.29, 1.82) is 0 Å². The van der Waals surface area contributed by atoms with Gasteiger partial charge in [-0.05, 0) is 31.3 Å². The van der Waals surface area contributed by atoms with Crippen molar-refractivity contribution >= 4 is 21.7 Å². The zero-order chi connectivity index (χ0) is 21.0. The van der Waals surface area contributed by atoms with Gasteiger partial charge in [-0.1, -0.05) is 63.7 Å². The minimum Gasteiger partial charge on any atom is -0.389 e. The van der Waals surface area contributed by atoms with E-state index < -0.39 is 22.0 Å². The van der Waals surface area contributed by atoms with Gasteiger partial charge >= 0.3 is 0 Å². The van der Waals surface area contributed by atoms with E-state index in [0.717, 1.165) is 57.6 Å². The summed E-state index contributed by atoms with van der Waals surface area (Å²) in [5.41, 5.74) is 0. The third-order valence-electron chi connectivity index (χ3n) is 4.93. The molecule has 0 aromatic heterocycles. The van der Waals surface area contributed by atoms with E-state index in [2.05, 4.69) is 6.92 Å². The molecule has 1 aliphatic carbocycles. The van der Waals surface area contributed by atoms with Crippen molar-refractivity contribution in [3.8, 4) is 0 Å². The fourth-order valence-corrected chi connectivity index (χ4v) is 3.91. The van der Waals surface area contributed by atoms with Crippen LogP contribution in [0.4, 0.5) is 0 Å². The molecule has 0 spiro atoms. The molecule has 0 radical (unpaired) electrons. The second kappa shape index (κ2) is 12.9. The van der Waals surface area contributed by atoms with E-state index in [-0.39, 0.29) is 24.0 Å². The first-order chi connectivity index (χ1) is 13.2. The molecule has 0 aromatic carbocycles. The largest absolute Gasteiger partial charge is 0.389 e. The summed E-state index contributed by atoms with van der Waals surface area (Å²) in [6.45, 7) is 2.13. The molecule has 0 unspecified atom stereocenters. The molecule has 6 nitrogen and oxygen atoms in total. The predicted molar refractivity (Wildman–Crippen MR) is 111 cm³/mol. The number of unbranched alkanes of at least 4 members (excludes halogenated alkanes) is 5. The number of allylic oxidation sites excluding steroid dienone is 3. The molecule has 28 heavy (non-hydrogen) atoms. The van der Waals surface area contributed by atoms with Gasteiger partial charge in [0.2, 0.25) is 15.9 Å². The van der Waals surface area contributed by atoms with Crippen LogP contribution in [0.1, 0.15) is 71.1 Å². The maximum atomic E-state index is 12.1. The Morgan fingerprint density at radius 3 is 2.61 bits per heavy atom. The van der Waals surface area contributed by atoms with Gasteiger partial charge in [-0.2, -0.15) is 0 Å². The molecular formula is C21H35NO5S. The lowest BCUT2D eigenvalue weighted by molar-refractivity contribution is -0.119. The van der Waals surface area contributed by atoms with Gasteiger partial charge < -0.3 is 5.11 Å². The molecule has 0 aromatic rings. The average molecular weight is 414 g/mol. The van der Waals surface area contributed by atoms with Gasteiger partial charge in [0, 0.05) is 12.3 Å². The highest BCUT2D eigenvalue weighted by atomic mass is 32.2. The van der Waals surface area contributed by atoms with Crippen LogP contribution < -0.4 is 4.72 Å². The molecule has 0 saturated heterocycles. The number of hydrogen-bond donors (Lipinski definition) is 2. The van der Waals surface area contributed by atoms with E-state index in [0.29, 0.717) is 6.42 Å². The highest BCUT2D eigenvalue weighted by Gasteiger charge is 2.27. The second-order valence-electron chi connectivity index (χ2n) is 7.65. The fraction of sp³-hybridized carbons (Fsp3) is 0.714. The van der Waals surface area contributed by atoms with Crippen LogP contribution in [0.15, 0.2) is 24.3 Å². The number of sulfonamides is 1. The molecule has 1 amide bonds. The number of aliphatic hydroxyl groups is 1. The number of hydrogen-bond acceptors (Lipinski definition) is 5. The van der Waals surface area contributed by atoms with Crippen molar-refractivity contribution in [2.75, 3.05) is 6.26 Å². The first-order valence-corrected chi connectivity index (χ1v) is 12.2. The summed E-state index contributed by atoms with van der Waals surface area (Å²) < 4.78 is 23.9. The van der Waals surface area contributed by atoms with Crippen molar-refractivity contribution in [3.63, 3.8) is 0 Å². The topological polar surface area (TPSA) is 101 Å². The summed E-state index contributed by atoms with van der Waals surface area (Å²) in [6.07, 6.45) is 16.1. The van der Waals surface area contributed by atoms with Crippen molar-refractivity contribution in [3.05, 3.63) is 24.3 Å². The van der Waals surface area contributed by atoms with E-state index >= 15 is 0 Å². The molecule has 3 atom stereocenters. The molecular weight excluding hydrogens is 378 g/mol. The number of rotatable bonds is 14. The maximum Gasteiger partial charge on any atom is 0.233 e. The lowest BCUT2D eigenvalue weighted by atomic mass is 9.89. The highest BCUT2D eigenvalue weighted by Crippen LogP contribution is 2.29. The van der Waals surface area contributed by atoms with E-state index in [9.17, 15) is 23.1 Å². The highest BCUT2D eigenvalue weighted by molar-refractivity contribution is 7.89. The zero-order valence-corrected chi connectivity index (χ0v) is 17.9. The zero-order valence-electron chi connectivity index (χ0n) is 17.1. The fourth-order valence-electron chi connectivity index (χ4n) is 3.40. The Morgan fingerprint density at radius 1 is 1.21 bits per heavy atom. The van der Waals surface area contributed by atoms with E-state index in [4.69, 9.17) is 0 Å². The van der Waals surface area contributed by atoms with Crippen LogP contribution in [0.3, 0.4) is 0 Å². The summed E-state index contributed by atoms with van der Waals surface area (Å²) >= 11 is 0. The Balaban J connectivity index is 2.26. The van der Waals surface area contributed by atoms with E-state index in [1.54, 1.807) is 12.2 Å². The van der Waals surface area contributed by atoms with Crippen LogP contribution in [0.5, 0.6) is 0 Å². The van der Waals surface area contributed by atoms with Gasteiger partial charge in [-0.15, -0.1) is 0 Å². The molecule has 160 valence electrons. The molecule has 2 N–H and O–H groups in total. The third-order valence-corrected chi connectivity index (χ3v) is 5.53. The number of nitrogens with one attached hydrogen (secondary N) is 1. The molecule has 0 aliphatic heterocycles. The SMILES string of the molecule is CCCCC[C@H](O)/C=C/[C@H]1C(=O)C=C[C@@H]1CCCCCCC(=O)NS(C)(=O)=O. The van der Waals surface area contributed by atoms with Crippen LogP contribution in [0.25, 0.3) is 0 Å². The Hall–Kier alpha value is -1.47. The molecule has 0 heterocycles.